The monoisotopic (exact) mass is 404 g/mol. The number of non-ortho nitro benzene ring substituents is 1. The number of esters is 1. The molecule has 2 rings (SSSR count). The molecule has 2 aromatic carbocycles. The molecule has 10 nitrogen and oxygen atoms in total. The summed E-state index contributed by atoms with van der Waals surface area (Å²) in [6.07, 6.45) is -1.14. The maximum Gasteiger partial charge on any atom is 0.344 e. The Labute approximate surface area is 166 Å². The van der Waals surface area contributed by atoms with Crippen molar-refractivity contribution in [3.63, 3.8) is 0 Å². The minimum absolute atomic E-state index is 0.102. The summed E-state index contributed by atoms with van der Waals surface area (Å²) in [5.41, 5.74) is 0.0177. The van der Waals surface area contributed by atoms with Gasteiger partial charge in [-0.05, 0) is 25.1 Å². The maximum atomic E-state index is 12.3. The van der Waals surface area contributed by atoms with Crippen LogP contribution in [-0.4, -0.2) is 43.7 Å². The first-order chi connectivity index (χ1) is 13.8. The third-order valence-electron chi connectivity index (χ3n) is 3.75. The molecule has 2 aromatic rings. The van der Waals surface area contributed by atoms with Gasteiger partial charge in [-0.15, -0.1) is 0 Å². The first-order valence-electron chi connectivity index (χ1n) is 8.44. The molecular weight excluding hydrogens is 384 g/mol. The largest absolute Gasteiger partial charge is 0.494 e. The number of benzene rings is 2. The van der Waals surface area contributed by atoms with Crippen molar-refractivity contribution >= 4 is 23.3 Å². The molecule has 0 aromatic heterocycles. The van der Waals surface area contributed by atoms with E-state index in [0.29, 0.717) is 11.5 Å². The molecule has 10 heteroatoms. The van der Waals surface area contributed by atoms with E-state index in [0.717, 1.165) is 0 Å². The first-order valence-corrected chi connectivity index (χ1v) is 8.44. The van der Waals surface area contributed by atoms with Crippen LogP contribution in [0.4, 0.5) is 11.4 Å². The van der Waals surface area contributed by atoms with Crippen LogP contribution in [0.5, 0.6) is 17.2 Å². The molecule has 0 aliphatic carbocycles. The Morgan fingerprint density at radius 3 is 2.34 bits per heavy atom. The van der Waals surface area contributed by atoms with Crippen LogP contribution in [0.2, 0.25) is 0 Å². The van der Waals surface area contributed by atoms with Crippen LogP contribution in [0, 0.1) is 10.1 Å². The molecule has 0 radical (unpaired) electrons. The van der Waals surface area contributed by atoms with Gasteiger partial charge in [0.25, 0.3) is 11.6 Å². The number of nitrogens with zero attached hydrogens (tertiary/aromatic N) is 1. The van der Waals surface area contributed by atoms with Crippen LogP contribution in [0.3, 0.4) is 0 Å². The van der Waals surface area contributed by atoms with Crippen molar-refractivity contribution in [1.82, 2.24) is 0 Å². The first kappa shape index (κ1) is 21.5. The van der Waals surface area contributed by atoms with Gasteiger partial charge >= 0.3 is 5.97 Å². The Bertz CT molecular complexity index is 900. The molecule has 0 heterocycles. The SMILES string of the molecule is COc1cc([N+](=O)[O-])ccc1NC(=O)[C@H](C)OC(=O)COc1ccccc1OC. The number of methoxy groups -OCH3 is 2. The summed E-state index contributed by atoms with van der Waals surface area (Å²) in [7, 11) is 2.78. The Kier molecular flexibility index (Phi) is 7.35. The van der Waals surface area contributed by atoms with Crippen molar-refractivity contribution in [3.05, 3.63) is 52.6 Å². The Hall–Kier alpha value is -3.82. The number of nitro groups is 1. The molecule has 1 atom stereocenters. The zero-order valence-corrected chi connectivity index (χ0v) is 16.0. The highest BCUT2D eigenvalue weighted by molar-refractivity contribution is 5.96. The highest BCUT2D eigenvalue weighted by Gasteiger charge is 2.21. The number of nitrogens with one attached hydrogen (secondary N) is 1. The second-order valence-electron chi connectivity index (χ2n) is 5.70. The fourth-order valence-electron chi connectivity index (χ4n) is 2.29. The topological polar surface area (TPSA) is 126 Å². The predicted octanol–water partition coefficient (Wildman–Crippen LogP) is 2.56. The summed E-state index contributed by atoms with van der Waals surface area (Å²) in [5.74, 6) is -0.473. The number of hydrogen-bond acceptors (Lipinski definition) is 8. The maximum absolute atomic E-state index is 12.3. The normalized spacial score (nSPS) is 11.1. The lowest BCUT2D eigenvalue weighted by Gasteiger charge is -2.15. The van der Waals surface area contributed by atoms with Gasteiger partial charge in [0.05, 0.1) is 30.9 Å². The highest BCUT2D eigenvalue weighted by atomic mass is 16.6. The fourth-order valence-corrected chi connectivity index (χ4v) is 2.29. The number of rotatable bonds is 9. The molecule has 0 aliphatic heterocycles. The molecule has 0 saturated heterocycles. The average Bonchev–Trinajstić information content (AvgIpc) is 2.72. The highest BCUT2D eigenvalue weighted by Crippen LogP contribution is 2.29. The summed E-state index contributed by atoms with van der Waals surface area (Å²) in [4.78, 5) is 34.5. The van der Waals surface area contributed by atoms with Crippen molar-refractivity contribution in [1.29, 1.82) is 0 Å². The van der Waals surface area contributed by atoms with E-state index in [4.69, 9.17) is 18.9 Å². The van der Waals surface area contributed by atoms with E-state index in [-0.39, 0.29) is 17.1 Å². The van der Waals surface area contributed by atoms with Crippen LogP contribution in [0.15, 0.2) is 42.5 Å². The Morgan fingerprint density at radius 1 is 1.07 bits per heavy atom. The number of para-hydroxylation sites is 2. The number of anilines is 1. The van der Waals surface area contributed by atoms with Crippen molar-refractivity contribution in [2.45, 2.75) is 13.0 Å². The lowest BCUT2D eigenvalue weighted by atomic mass is 10.2. The summed E-state index contributed by atoms with van der Waals surface area (Å²) in [6, 6.07) is 10.5. The predicted molar refractivity (Wildman–Crippen MR) is 102 cm³/mol. The Balaban J connectivity index is 1.93. The molecule has 0 saturated carbocycles. The van der Waals surface area contributed by atoms with Crippen molar-refractivity contribution in [2.75, 3.05) is 26.1 Å². The van der Waals surface area contributed by atoms with Gasteiger partial charge < -0.3 is 24.3 Å². The van der Waals surface area contributed by atoms with Gasteiger partial charge in [0.15, 0.2) is 24.2 Å². The number of carbonyl (C=O) groups is 2. The van der Waals surface area contributed by atoms with Crippen LogP contribution < -0.4 is 19.5 Å². The number of amides is 1. The van der Waals surface area contributed by atoms with Crippen molar-refractivity contribution in [3.8, 4) is 17.2 Å². The molecule has 0 bridgehead atoms. The lowest BCUT2D eigenvalue weighted by Crippen LogP contribution is -2.31. The van der Waals surface area contributed by atoms with Crippen LogP contribution >= 0.6 is 0 Å². The second-order valence-corrected chi connectivity index (χ2v) is 5.70. The van der Waals surface area contributed by atoms with Crippen LogP contribution in [-0.2, 0) is 14.3 Å². The van der Waals surface area contributed by atoms with Gasteiger partial charge in [-0.1, -0.05) is 12.1 Å². The van der Waals surface area contributed by atoms with Gasteiger partial charge in [-0.2, -0.15) is 0 Å². The fraction of sp³-hybridized carbons (Fsp3) is 0.263. The van der Waals surface area contributed by atoms with E-state index in [1.807, 2.05) is 0 Å². The molecule has 1 N–H and O–H groups in total. The molecule has 0 spiro atoms. The lowest BCUT2D eigenvalue weighted by molar-refractivity contribution is -0.384. The summed E-state index contributed by atoms with van der Waals surface area (Å²) >= 11 is 0. The molecule has 0 fully saturated rings. The minimum atomic E-state index is -1.14. The molecule has 29 heavy (non-hydrogen) atoms. The van der Waals surface area contributed by atoms with E-state index >= 15 is 0 Å². The van der Waals surface area contributed by atoms with E-state index in [1.165, 1.54) is 39.3 Å². The molecule has 0 unspecified atom stereocenters. The van der Waals surface area contributed by atoms with Gasteiger partial charge in [0.2, 0.25) is 0 Å². The van der Waals surface area contributed by atoms with Gasteiger partial charge in [-0.25, -0.2) is 4.79 Å². The molecule has 1 amide bonds. The minimum Gasteiger partial charge on any atom is -0.494 e. The quantitative estimate of drug-likeness (QED) is 0.384. The average molecular weight is 404 g/mol. The number of ether oxygens (including phenoxy) is 4. The summed E-state index contributed by atoms with van der Waals surface area (Å²) in [6.45, 7) is 0.965. The van der Waals surface area contributed by atoms with E-state index < -0.39 is 29.5 Å². The smallest absolute Gasteiger partial charge is 0.344 e. The van der Waals surface area contributed by atoms with Crippen molar-refractivity contribution in [2.24, 2.45) is 0 Å². The van der Waals surface area contributed by atoms with Gasteiger partial charge in [0.1, 0.15) is 5.75 Å². The number of carbonyl (C=O) groups excluding carboxylic acids is 2. The zero-order chi connectivity index (χ0) is 21.4. The van der Waals surface area contributed by atoms with Gasteiger partial charge in [-0.3, -0.25) is 14.9 Å². The Morgan fingerprint density at radius 2 is 1.72 bits per heavy atom. The second kappa shape index (κ2) is 9.93. The van der Waals surface area contributed by atoms with E-state index in [2.05, 4.69) is 5.32 Å². The van der Waals surface area contributed by atoms with Crippen LogP contribution in [0.25, 0.3) is 0 Å². The molecule has 154 valence electrons. The summed E-state index contributed by atoms with van der Waals surface area (Å²) in [5, 5.41) is 13.3. The number of hydrogen-bond donors (Lipinski definition) is 1. The summed E-state index contributed by atoms with van der Waals surface area (Å²) < 4.78 is 20.6. The third-order valence-corrected chi connectivity index (χ3v) is 3.75. The standard InChI is InChI=1S/C19H20N2O8/c1-12(29-18(22)11-28-16-7-5-4-6-15(16)26-2)19(23)20-14-9-8-13(21(24)25)10-17(14)27-3/h4-10,12H,11H2,1-3H3,(H,20,23)/t12-/m0/s1. The van der Waals surface area contributed by atoms with Crippen molar-refractivity contribution < 1.29 is 33.5 Å². The number of nitro benzene ring substituents is 1. The zero-order valence-electron chi connectivity index (χ0n) is 16.0. The van der Waals surface area contributed by atoms with Crippen LogP contribution in [0.1, 0.15) is 6.92 Å². The molecular formula is C19H20N2O8. The third kappa shape index (κ3) is 5.83. The molecule has 0 aliphatic rings. The van der Waals surface area contributed by atoms with Gasteiger partial charge in [0, 0.05) is 6.07 Å². The van der Waals surface area contributed by atoms with E-state index in [1.54, 1.807) is 24.3 Å². The van der Waals surface area contributed by atoms with E-state index in [9.17, 15) is 19.7 Å².